The second-order valence-corrected chi connectivity index (χ2v) is 7.36. The van der Waals surface area contributed by atoms with Crippen molar-refractivity contribution in [2.24, 2.45) is 0 Å². The number of nitrogens with zero attached hydrogens (tertiary/aromatic N) is 2. The average molecular weight is 403 g/mol. The van der Waals surface area contributed by atoms with Gasteiger partial charge in [0.15, 0.2) is 18.0 Å². The van der Waals surface area contributed by atoms with Crippen LogP contribution >= 0.6 is 0 Å². The van der Waals surface area contributed by atoms with E-state index in [1.165, 1.54) is 12.1 Å². The van der Waals surface area contributed by atoms with Crippen LogP contribution in [-0.4, -0.2) is 42.3 Å². The number of para-hydroxylation sites is 2. The minimum atomic E-state index is -2.87. The molecule has 154 valence electrons. The molecule has 0 bridgehead atoms. The van der Waals surface area contributed by atoms with E-state index in [2.05, 4.69) is 14.2 Å². The summed E-state index contributed by atoms with van der Waals surface area (Å²) in [7, 11) is 1.64. The Balaban J connectivity index is 1.75. The first-order valence-corrected chi connectivity index (χ1v) is 9.84. The van der Waals surface area contributed by atoms with Crippen molar-refractivity contribution in [3.8, 4) is 11.5 Å². The van der Waals surface area contributed by atoms with Crippen molar-refractivity contribution in [3.63, 3.8) is 0 Å². The van der Waals surface area contributed by atoms with Gasteiger partial charge in [0.2, 0.25) is 0 Å². The van der Waals surface area contributed by atoms with Gasteiger partial charge in [-0.15, -0.1) is 0 Å². The third-order valence-electron chi connectivity index (χ3n) is 5.65. The summed E-state index contributed by atoms with van der Waals surface area (Å²) in [4.78, 5) is 2.12. The van der Waals surface area contributed by atoms with E-state index in [0.29, 0.717) is 12.1 Å². The highest BCUT2D eigenvalue weighted by atomic mass is 19.3. The second kappa shape index (κ2) is 7.99. The van der Waals surface area contributed by atoms with Gasteiger partial charge in [0.25, 0.3) is 11.6 Å². The molecule has 0 saturated carbocycles. The fourth-order valence-corrected chi connectivity index (χ4v) is 4.30. The third kappa shape index (κ3) is 3.67. The molecule has 5 nitrogen and oxygen atoms in total. The Kier molecular flexibility index (Phi) is 5.41. The molecule has 0 amide bonds. The van der Waals surface area contributed by atoms with Crippen LogP contribution in [0.15, 0.2) is 48.5 Å². The summed E-state index contributed by atoms with van der Waals surface area (Å²) in [5.74, 6) is 1.88. The Hall–Kier alpha value is -2.67. The zero-order valence-electron chi connectivity index (χ0n) is 16.4. The molecule has 2 aromatic rings. The molecular formula is C22H25F2N2O3+. The van der Waals surface area contributed by atoms with Crippen molar-refractivity contribution in [1.82, 2.24) is 0 Å². The Morgan fingerprint density at radius 3 is 2.55 bits per heavy atom. The van der Waals surface area contributed by atoms with E-state index in [4.69, 9.17) is 4.74 Å². The first-order chi connectivity index (χ1) is 14.0. The number of hydrogen-bond acceptors (Lipinski definition) is 4. The van der Waals surface area contributed by atoms with E-state index in [9.17, 15) is 13.9 Å². The maximum absolute atomic E-state index is 12.5. The average Bonchev–Trinajstić information content (AvgIpc) is 2.87. The summed E-state index contributed by atoms with van der Waals surface area (Å²) in [5, 5.41) is 11.8. The van der Waals surface area contributed by atoms with Crippen molar-refractivity contribution in [3.05, 3.63) is 54.1 Å². The lowest BCUT2D eigenvalue weighted by Gasteiger charge is -2.24. The Morgan fingerprint density at radius 2 is 1.83 bits per heavy atom. The highest BCUT2D eigenvalue weighted by molar-refractivity contribution is 5.97. The second-order valence-electron chi connectivity index (χ2n) is 7.36. The molecule has 0 fully saturated rings. The van der Waals surface area contributed by atoms with Crippen LogP contribution in [-0.2, 0) is 5.72 Å². The van der Waals surface area contributed by atoms with Crippen LogP contribution in [0.1, 0.15) is 31.2 Å². The van der Waals surface area contributed by atoms with Crippen LogP contribution in [0.3, 0.4) is 0 Å². The molecule has 0 radical (unpaired) electrons. The standard InChI is InChI=1S/C22H25F2N2O3/c1-28-19-8-5-4-7-18(19)25-15-22(27,26-14-6-2-3-9-20(25)26)16-10-12-17(13-11-16)29-21(23)24/h4-5,7-8,10-13,21,27H,2-3,6,9,14-15H2,1H3/q+1/t22-/m1/s1. The number of benzene rings is 2. The summed E-state index contributed by atoms with van der Waals surface area (Å²) in [6, 6.07) is 14.0. The fraction of sp³-hybridized carbons (Fsp3) is 0.409. The number of hydrogen-bond donors (Lipinski definition) is 1. The van der Waals surface area contributed by atoms with Crippen molar-refractivity contribution < 1.29 is 27.9 Å². The first-order valence-electron chi connectivity index (χ1n) is 9.84. The Bertz CT molecular complexity index is 901. The molecule has 0 unspecified atom stereocenters. The number of methoxy groups -OCH3 is 1. The van der Waals surface area contributed by atoms with Gasteiger partial charge < -0.3 is 14.6 Å². The SMILES string of the molecule is COc1ccccc1N1C[C@@](O)(c2ccc(OC(F)F)cc2)[N+]2=C1CCCCC2. The van der Waals surface area contributed by atoms with Crippen LogP contribution in [0.5, 0.6) is 11.5 Å². The number of amidine groups is 1. The monoisotopic (exact) mass is 403 g/mol. The van der Waals surface area contributed by atoms with Crippen molar-refractivity contribution in [2.75, 3.05) is 25.1 Å². The van der Waals surface area contributed by atoms with Gasteiger partial charge >= 0.3 is 6.61 Å². The summed E-state index contributed by atoms with van der Waals surface area (Å²) in [6.45, 7) is -1.81. The number of rotatable bonds is 5. The van der Waals surface area contributed by atoms with Crippen molar-refractivity contribution in [1.29, 1.82) is 0 Å². The van der Waals surface area contributed by atoms with Gasteiger partial charge in [0, 0.05) is 12.0 Å². The molecule has 4 rings (SSSR count). The van der Waals surface area contributed by atoms with Crippen LogP contribution in [0.25, 0.3) is 0 Å². The molecule has 0 saturated heterocycles. The predicted octanol–water partition coefficient (Wildman–Crippen LogP) is 3.95. The molecule has 29 heavy (non-hydrogen) atoms. The molecule has 2 aromatic carbocycles. The number of alkyl halides is 2. The van der Waals surface area contributed by atoms with Gasteiger partial charge in [-0.05, 0) is 55.7 Å². The largest absolute Gasteiger partial charge is 0.492 e. The Labute approximate surface area is 168 Å². The summed E-state index contributed by atoms with van der Waals surface area (Å²) < 4.78 is 37.0. The van der Waals surface area contributed by atoms with E-state index in [-0.39, 0.29) is 5.75 Å². The normalized spacial score (nSPS) is 21.9. The third-order valence-corrected chi connectivity index (χ3v) is 5.65. The van der Waals surface area contributed by atoms with E-state index in [1.807, 2.05) is 24.3 Å². The molecule has 1 N–H and O–H groups in total. The molecule has 0 aromatic heterocycles. The first kappa shape index (κ1) is 19.6. The fourth-order valence-electron chi connectivity index (χ4n) is 4.30. The van der Waals surface area contributed by atoms with Crippen molar-refractivity contribution >= 4 is 11.5 Å². The minimum Gasteiger partial charge on any atom is -0.492 e. The van der Waals surface area contributed by atoms with Crippen molar-refractivity contribution in [2.45, 2.75) is 38.0 Å². The lowest BCUT2D eigenvalue weighted by Crippen LogP contribution is -2.41. The molecule has 0 spiro atoms. The zero-order chi connectivity index (χ0) is 20.4. The van der Waals surface area contributed by atoms with Gasteiger partial charge in [-0.1, -0.05) is 12.1 Å². The molecule has 2 aliphatic rings. The summed E-state index contributed by atoms with van der Waals surface area (Å²) >= 11 is 0. The van der Waals surface area contributed by atoms with Crippen LogP contribution in [0, 0.1) is 0 Å². The van der Waals surface area contributed by atoms with E-state index >= 15 is 0 Å². The van der Waals surface area contributed by atoms with Gasteiger partial charge in [0.05, 0.1) is 13.7 Å². The molecule has 7 heteroatoms. The molecule has 1 atom stereocenters. The van der Waals surface area contributed by atoms with Crippen LogP contribution < -0.4 is 14.4 Å². The van der Waals surface area contributed by atoms with E-state index in [1.54, 1.807) is 19.2 Å². The number of halogens is 2. The predicted molar refractivity (Wildman–Crippen MR) is 106 cm³/mol. The van der Waals surface area contributed by atoms with Crippen LogP contribution in [0.4, 0.5) is 14.5 Å². The molecule has 2 aliphatic heterocycles. The zero-order valence-corrected chi connectivity index (χ0v) is 16.4. The summed E-state index contributed by atoms with van der Waals surface area (Å²) in [6.07, 6.45) is 3.98. The lowest BCUT2D eigenvalue weighted by molar-refractivity contribution is -0.658. The number of β-amino-alcohol motifs (C(OH)–C–C–N with tert-alkyl or cyclic N) is 1. The van der Waals surface area contributed by atoms with E-state index in [0.717, 1.165) is 49.5 Å². The number of ether oxygens (including phenoxy) is 2. The van der Waals surface area contributed by atoms with Crippen LogP contribution in [0.2, 0.25) is 0 Å². The maximum Gasteiger partial charge on any atom is 0.387 e. The minimum absolute atomic E-state index is 0.0759. The van der Waals surface area contributed by atoms with Gasteiger partial charge in [-0.25, -0.2) is 9.48 Å². The molecular weight excluding hydrogens is 378 g/mol. The van der Waals surface area contributed by atoms with E-state index < -0.39 is 12.3 Å². The lowest BCUT2D eigenvalue weighted by atomic mass is 10.0. The Morgan fingerprint density at radius 1 is 1.07 bits per heavy atom. The summed E-state index contributed by atoms with van der Waals surface area (Å²) in [5.41, 5.74) is 0.297. The molecule has 2 heterocycles. The maximum atomic E-state index is 12.5. The highest BCUT2D eigenvalue weighted by Gasteiger charge is 2.52. The smallest absolute Gasteiger partial charge is 0.387 e. The highest BCUT2D eigenvalue weighted by Crippen LogP contribution is 2.39. The number of aliphatic hydroxyl groups is 1. The quantitative estimate of drug-likeness (QED) is 0.768. The molecule has 0 aliphatic carbocycles. The van der Waals surface area contributed by atoms with Gasteiger partial charge in [-0.2, -0.15) is 8.78 Å². The topological polar surface area (TPSA) is 44.9 Å². The van der Waals surface area contributed by atoms with Gasteiger partial charge in [-0.3, -0.25) is 0 Å². The number of anilines is 1. The van der Waals surface area contributed by atoms with Gasteiger partial charge in [0.1, 0.15) is 5.75 Å².